The van der Waals surface area contributed by atoms with Gasteiger partial charge in [-0.2, -0.15) is 5.26 Å². The molecule has 0 aromatic heterocycles. The van der Waals surface area contributed by atoms with E-state index in [1.54, 1.807) is 38.3 Å². The monoisotopic (exact) mass is 554 g/mol. The fraction of sp³-hybridized carbons (Fsp3) is 0.194. The maximum atomic E-state index is 13.6. The van der Waals surface area contributed by atoms with Crippen molar-refractivity contribution in [1.29, 1.82) is 5.26 Å². The lowest BCUT2D eigenvalue weighted by Gasteiger charge is -2.30. The first-order chi connectivity index (χ1) is 19.4. The molecule has 1 aliphatic rings. The molecule has 0 radical (unpaired) electrons. The molecule has 2 amide bonds. The predicted octanol–water partition coefficient (Wildman–Crippen LogP) is 5.72. The summed E-state index contributed by atoms with van der Waals surface area (Å²) in [7, 11) is 3.08. The van der Waals surface area contributed by atoms with Gasteiger partial charge in [-0.3, -0.25) is 9.59 Å². The van der Waals surface area contributed by atoms with Crippen molar-refractivity contribution in [2.75, 3.05) is 30.6 Å². The van der Waals surface area contributed by atoms with Crippen molar-refractivity contribution in [3.05, 3.63) is 106 Å². The normalized spacial score (nSPS) is 14.6. The third-order valence-corrected chi connectivity index (χ3v) is 7.45. The van der Waals surface area contributed by atoms with E-state index in [0.717, 1.165) is 11.3 Å². The van der Waals surface area contributed by atoms with Crippen LogP contribution in [-0.2, 0) is 9.59 Å². The number of allylic oxidation sites excluding steroid dienone is 2. The number of nitrogens with one attached hydrogen (secondary N) is 3. The van der Waals surface area contributed by atoms with Crippen molar-refractivity contribution < 1.29 is 19.1 Å². The molecular weight excluding hydrogens is 524 g/mol. The van der Waals surface area contributed by atoms with E-state index in [0.29, 0.717) is 44.6 Å². The van der Waals surface area contributed by atoms with Crippen molar-refractivity contribution in [3.8, 4) is 17.6 Å². The Kier molecular flexibility index (Phi) is 9.15. The van der Waals surface area contributed by atoms with Gasteiger partial charge in [-0.15, -0.1) is 0 Å². The first-order valence-corrected chi connectivity index (χ1v) is 13.5. The van der Waals surface area contributed by atoms with Gasteiger partial charge >= 0.3 is 0 Å². The van der Waals surface area contributed by atoms with Gasteiger partial charge in [0, 0.05) is 22.6 Å². The summed E-state index contributed by atoms with van der Waals surface area (Å²) in [5.74, 6) is -0.187. The number of carbonyl (C=O) groups is 2. The van der Waals surface area contributed by atoms with E-state index in [2.05, 4.69) is 22.0 Å². The minimum atomic E-state index is -0.711. The number of rotatable bonds is 9. The highest BCUT2D eigenvalue weighted by Crippen LogP contribution is 2.43. The lowest BCUT2D eigenvalue weighted by Crippen LogP contribution is -2.31. The number of amides is 2. The number of para-hydroxylation sites is 2. The smallest absolute Gasteiger partial charge is 0.254 e. The van der Waals surface area contributed by atoms with Crippen molar-refractivity contribution >= 4 is 35.0 Å². The maximum Gasteiger partial charge on any atom is 0.254 e. The van der Waals surface area contributed by atoms with Gasteiger partial charge in [0.1, 0.15) is 0 Å². The number of aryl methyl sites for hydroxylation is 1. The molecule has 0 aliphatic carbocycles. The maximum absolute atomic E-state index is 13.6. The number of hydrogen-bond donors (Lipinski definition) is 3. The molecule has 40 heavy (non-hydrogen) atoms. The molecule has 1 aliphatic heterocycles. The summed E-state index contributed by atoms with van der Waals surface area (Å²) in [6.45, 7) is 3.71. The highest BCUT2D eigenvalue weighted by molar-refractivity contribution is 8.03. The van der Waals surface area contributed by atoms with Gasteiger partial charge in [0.2, 0.25) is 5.91 Å². The quantitative estimate of drug-likeness (QED) is 0.310. The Labute approximate surface area is 238 Å². The van der Waals surface area contributed by atoms with Gasteiger partial charge in [0.05, 0.1) is 42.6 Å². The summed E-state index contributed by atoms with van der Waals surface area (Å²) >= 11 is 1.21. The number of nitriles is 1. The van der Waals surface area contributed by atoms with E-state index in [1.807, 2.05) is 55.5 Å². The molecule has 0 fully saturated rings. The van der Waals surface area contributed by atoms with Crippen LogP contribution in [-0.4, -0.2) is 31.8 Å². The van der Waals surface area contributed by atoms with E-state index in [9.17, 15) is 14.9 Å². The number of ether oxygens (including phenoxy) is 2. The lowest BCUT2D eigenvalue weighted by molar-refractivity contribution is -0.114. The van der Waals surface area contributed by atoms with Crippen LogP contribution in [0.2, 0.25) is 0 Å². The number of hydrogen-bond acceptors (Lipinski definition) is 7. The largest absolute Gasteiger partial charge is 0.493 e. The fourth-order valence-electron chi connectivity index (χ4n) is 4.45. The van der Waals surface area contributed by atoms with Crippen LogP contribution < -0.4 is 25.4 Å². The average molecular weight is 555 g/mol. The van der Waals surface area contributed by atoms with E-state index in [1.165, 1.54) is 18.9 Å². The highest BCUT2D eigenvalue weighted by atomic mass is 32.2. The Morgan fingerprint density at radius 2 is 1.65 bits per heavy atom. The third kappa shape index (κ3) is 6.30. The first-order valence-electron chi connectivity index (χ1n) is 12.5. The van der Waals surface area contributed by atoms with Crippen molar-refractivity contribution in [2.45, 2.75) is 19.8 Å². The van der Waals surface area contributed by atoms with Gasteiger partial charge in [0.15, 0.2) is 11.5 Å². The molecule has 0 bridgehead atoms. The standard InChI is InChI=1S/C31H30N4O4S/c1-19-10-8-9-13-24(19)35-27(36)18-40-31-23(17-32)29(21-14-15-25(38-3)26(16-21)39-4)28(20(2)33-31)30(37)34-22-11-6-5-7-12-22/h5-16,29,33H,18H2,1-4H3,(H,34,37)(H,35,36)/t29-/m1/s1. The second kappa shape index (κ2) is 12.9. The SMILES string of the molecule is COc1ccc([C@@H]2C(C#N)=C(SCC(=O)Nc3ccccc3C)NC(C)=C2C(=O)Nc2ccccc2)cc1OC. The molecule has 1 atom stereocenters. The average Bonchev–Trinajstić information content (AvgIpc) is 2.96. The van der Waals surface area contributed by atoms with E-state index < -0.39 is 5.92 Å². The second-order valence-corrected chi connectivity index (χ2v) is 10.0. The molecule has 0 unspecified atom stereocenters. The summed E-state index contributed by atoms with van der Waals surface area (Å²) in [5, 5.41) is 19.9. The number of methoxy groups -OCH3 is 2. The highest BCUT2D eigenvalue weighted by Gasteiger charge is 2.35. The van der Waals surface area contributed by atoms with Crippen LogP contribution in [0.5, 0.6) is 11.5 Å². The number of carbonyl (C=O) groups excluding carboxylic acids is 2. The summed E-state index contributed by atoms with van der Waals surface area (Å²) < 4.78 is 10.9. The first kappa shape index (κ1) is 28.3. The van der Waals surface area contributed by atoms with E-state index in [4.69, 9.17) is 9.47 Å². The fourth-order valence-corrected chi connectivity index (χ4v) is 5.34. The topological polar surface area (TPSA) is 112 Å². The Morgan fingerprint density at radius 3 is 2.33 bits per heavy atom. The molecule has 3 aromatic carbocycles. The van der Waals surface area contributed by atoms with Crippen LogP contribution in [0.3, 0.4) is 0 Å². The zero-order valence-electron chi connectivity index (χ0n) is 22.7. The van der Waals surface area contributed by atoms with Gasteiger partial charge in [-0.25, -0.2) is 0 Å². The molecule has 4 rings (SSSR count). The molecule has 1 heterocycles. The van der Waals surface area contributed by atoms with Gasteiger partial charge in [-0.05, 0) is 55.3 Å². The van der Waals surface area contributed by atoms with E-state index in [-0.39, 0.29) is 17.6 Å². The summed E-state index contributed by atoms with van der Waals surface area (Å²) in [4.78, 5) is 26.4. The predicted molar refractivity (Wildman–Crippen MR) is 158 cm³/mol. The Balaban J connectivity index is 1.69. The summed E-state index contributed by atoms with van der Waals surface area (Å²) in [5.41, 5.74) is 4.29. The molecule has 3 N–H and O–H groups in total. The number of nitrogens with zero attached hydrogens (tertiary/aromatic N) is 1. The minimum absolute atomic E-state index is 0.0688. The molecule has 9 heteroatoms. The van der Waals surface area contributed by atoms with Gasteiger partial charge < -0.3 is 25.4 Å². The number of benzene rings is 3. The van der Waals surface area contributed by atoms with Crippen LogP contribution in [0.4, 0.5) is 11.4 Å². The Bertz CT molecular complexity index is 1530. The van der Waals surface area contributed by atoms with Gasteiger partial charge in [-0.1, -0.05) is 54.2 Å². The molecule has 204 valence electrons. The van der Waals surface area contributed by atoms with Crippen LogP contribution in [0.25, 0.3) is 0 Å². The van der Waals surface area contributed by atoms with Gasteiger partial charge in [0.25, 0.3) is 5.91 Å². The molecule has 3 aromatic rings. The minimum Gasteiger partial charge on any atom is -0.493 e. The molecule has 0 saturated heterocycles. The molecule has 0 saturated carbocycles. The molecule has 8 nitrogen and oxygen atoms in total. The number of anilines is 2. The zero-order chi connectivity index (χ0) is 28.6. The molecular formula is C31H30N4O4S. The summed E-state index contributed by atoms with van der Waals surface area (Å²) in [6, 6.07) is 24.3. The zero-order valence-corrected chi connectivity index (χ0v) is 23.5. The third-order valence-electron chi connectivity index (χ3n) is 6.43. The molecule has 0 spiro atoms. The lowest BCUT2D eigenvalue weighted by atomic mass is 9.82. The van der Waals surface area contributed by atoms with Crippen LogP contribution in [0, 0.1) is 18.3 Å². The van der Waals surface area contributed by atoms with Crippen LogP contribution in [0.1, 0.15) is 24.0 Å². The van der Waals surface area contributed by atoms with Crippen LogP contribution >= 0.6 is 11.8 Å². The Morgan fingerprint density at radius 1 is 0.950 bits per heavy atom. The second-order valence-electron chi connectivity index (χ2n) is 9.04. The Hall–Kier alpha value is -4.68. The number of thioether (sulfide) groups is 1. The van der Waals surface area contributed by atoms with E-state index >= 15 is 0 Å². The van der Waals surface area contributed by atoms with Crippen LogP contribution in [0.15, 0.2) is 94.7 Å². The van der Waals surface area contributed by atoms with Crippen molar-refractivity contribution in [3.63, 3.8) is 0 Å². The van der Waals surface area contributed by atoms with Crippen molar-refractivity contribution in [2.24, 2.45) is 0 Å². The summed E-state index contributed by atoms with van der Waals surface area (Å²) in [6.07, 6.45) is 0. The number of dihydropyridines is 1. The van der Waals surface area contributed by atoms with Crippen molar-refractivity contribution in [1.82, 2.24) is 5.32 Å².